The first-order valence-electron chi connectivity index (χ1n) is 10.7. The molecule has 3 aromatic carbocycles. The van der Waals surface area contributed by atoms with Crippen LogP contribution in [0.3, 0.4) is 0 Å². The molecule has 8 nitrogen and oxygen atoms in total. The molecule has 35 heavy (non-hydrogen) atoms. The summed E-state index contributed by atoms with van der Waals surface area (Å²) in [6, 6.07) is 23.3. The van der Waals surface area contributed by atoms with E-state index in [-0.39, 0.29) is 17.4 Å². The van der Waals surface area contributed by atoms with E-state index in [9.17, 15) is 9.59 Å². The van der Waals surface area contributed by atoms with Gasteiger partial charge in [0, 0.05) is 11.3 Å². The lowest BCUT2D eigenvalue weighted by molar-refractivity contribution is -0.118. The zero-order valence-electron chi connectivity index (χ0n) is 18.7. The van der Waals surface area contributed by atoms with Crippen molar-refractivity contribution >= 4 is 23.2 Å². The van der Waals surface area contributed by atoms with Gasteiger partial charge in [-0.15, -0.1) is 0 Å². The molecule has 0 radical (unpaired) electrons. The van der Waals surface area contributed by atoms with E-state index >= 15 is 0 Å². The second kappa shape index (κ2) is 10.3. The third-order valence-electron chi connectivity index (χ3n) is 5.21. The molecule has 174 valence electrons. The minimum absolute atomic E-state index is 0.0108. The van der Waals surface area contributed by atoms with Gasteiger partial charge in [-0.25, -0.2) is 4.98 Å². The summed E-state index contributed by atoms with van der Waals surface area (Å²) in [5.74, 6) is -0.549. The maximum absolute atomic E-state index is 12.3. The van der Waals surface area contributed by atoms with E-state index in [4.69, 9.17) is 15.9 Å². The number of imidazole rings is 1. The lowest BCUT2D eigenvalue weighted by Crippen LogP contribution is -2.29. The Morgan fingerprint density at radius 2 is 1.74 bits per heavy atom. The number of para-hydroxylation sites is 1. The molecular weight excluding hydrogens is 442 g/mol. The fraction of sp³-hybridized carbons (Fsp3) is 0.0370. The van der Waals surface area contributed by atoms with Gasteiger partial charge in [0.15, 0.2) is 0 Å². The van der Waals surface area contributed by atoms with Gasteiger partial charge in [0.1, 0.15) is 23.2 Å². The topological polar surface area (TPSA) is 134 Å². The summed E-state index contributed by atoms with van der Waals surface area (Å²) in [7, 11) is 0. The van der Waals surface area contributed by atoms with Crippen molar-refractivity contribution in [1.82, 2.24) is 9.97 Å². The number of aromatic amines is 1. The first-order chi connectivity index (χ1) is 16.9. The molecule has 0 spiro atoms. The molecule has 8 heteroatoms. The number of nitrogens with two attached hydrogens (primary N) is 1. The highest BCUT2D eigenvalue weighted by atomic mass is 16.5. The summed E-state index contributed by atoms with van der Waals surface area (Å²) in [4.78, 5) is 31.3. The van der Waals surface area contributed by atoms with Crippen LogP contribution in [0.15, 0.2) is 97.7 Å². The molecule has 0 aliphatic rings. The molecule has 1 heterocycles. The van der Waals surface area contributed by atoms with Crippen molar-refractivity contribution in [3.05, 3.63) is 109 Å². The summed E-state index contributed by atoms with van der Waals surface area (Å²) in [5, 5.41) is 11.3. The number of hydrogen-bond acceptors (Lipinski definition) is 5. The summed E-state index contributed by atoms with van der Waals surface area (Å²) in [6.45, 7) is 3.44. The van der Waals surface area contributed by atoms with Crippen LogP contribution in [0.2, 0.25) is 0 Å². The molecule has 1 atom stereocenters. The van der Waals surface area contributed by atoms with Crippen molar-refractivity contribution < 1.29 is 14.3 Å². The van der Waals surface area contributed by atoms with Crippen LogP contribution in [0.4, 0.5) is 5.69 Å². The van der Waals surface area contributed by atoms with Crippen LogP contribution in [0.1, 0.15) is 17.3 Å². The lowest BCUT2D eigenvalue weighted by Gasteiger charge is -2.14. The van der Waals surface area contributed by atoms with Crippen molar-refractivity contribution in [3.63, 3.8) is 0 Å². The molecule has 2 amide bonds. The van der Waals surface area contributed by atoms with Crippen LogP contribution < -0.4 is 15.8 Å². The maximum atomic E-state index is 12.3. The van der Waals surface area contributed by atoms with Gasteiger partial charge < -0.3 is 26.2 Å². The van der Waals surface area contributed by atoms with E-state index in [0.29, 0.717) is 28.4 Å². The fourth-order valence-electron chi connectivity index (χ4n) is 3.50. The smallest absolute Gasteiger partial charge is 0.247 e. The molecule has 0 aliphatic heterocycles. The van der Waals surface area contributed by atoms with Gasteiger partial charge in [0.2, 0.25) is 11.8 Å². The molecule has 0 fully saturated rings. The van der Waals surface area contributed by atoms with Gasteiger partial charge in [0.25, 0.3) is 0 Å². The highest BCUT2D eigenvalue weighted by molar-refractivity contribution is 6.14. The van der Waals surface area contributed by atoms with Crippen LogP contribution in [0, 0.1) is 5.41 Å². The Morgan fingerprint density at radius 1 is 1.03 bits per heavy atom. The van der Waals surface area contributed by atoms with Gasteiger partial charge in [-0.2, -0.15) is 0 Å². The van der Waals surface area contributed by atoms with Crippen LogP contribution in [-0.2, 0) is 9.59 Å². The Morgan fingerprint density at radius 3 is 2.43 bits per heavy atom. The summed E-state index contributed by atoms with van der Waals surface area (Å²) in [5.41, 5.74) is 8.12. The van der Waals surface area contributed by atoms with Gasteiger partial charge in [-0.05, 0) is 60.2 Å². The predicted octanol–water partition coefficient (Wildman–Crippen LogP) is 4.63. The van der Waals surface area contributed by atoms with E-state index in [1.54, 1.807) is 48.7 Å². The average molecular weight is 466 g/mol. The number of carbonyl (C=O) groups is 2. The number of ether oxygens (including phenoxy) is 1. The van der Waals surface area contributed by atoms with Crippen molar-refractivity contribution in [1.29, 1.82) is 5.41 Å². The monoisotopic (exact) mass is 465 g/mol. The summed E-state index contributed by atoms with van der Waals surface area (Å²) in [6.07, 6.45) is 2.74. The average Bonchev–Trinajstić information content (AvgIpc) is 3.34. The van der Waals surface area contributed by atoms with Crippen LogP contribution in [-0.4, -0.2) is 27.5 Å². The SMILES string of the molecule is C=CC(=O)Nc1cccc(-c2cnc(C(C(=N)c3ccc(Oc4ccccc4)cc3)C(N)=O)[nH]2)c1. The van der Waals surface area contributed by atoms with Crippen LogP contribution >= 0.6 is 0 Å². The zero-order chi connectivity index (χ0) is 24.8. The van der Waals surface area contributed by atoms with E-state index in [2.05, 4.69) is 21.9 Å². The third kappa shape index (κ3) is 5.51. The maximum Gasteiger partial charge on any atom is 0.247 e. The minimum atomic E-state index is -1.08. The Hall–Kier alpha value is -4.98. The number of anilines is 1. The molecule has 4 rings (SSSR count). The van der Waals surface area contributed by atoms with Gasteiger partial charge in [0.05, 0.1) is 17.6 Å². The standard InChI is InChI=1S/C27H23N5O3/c1-2-23(33)31-19-8-6-7-18(15-19)22-16-30-27(32-22)24(26(29)34)25(28)17-11-13-21(14-12-17)35-20-9-4-3-5-10-20/h2-16,24,28H,1H2,(H2,29,34)(H,30,32)(H,31,33). The number of nitrogens with one attached hydrogen (secondary N) is 3. The Bertz CT molecular complexity index is 1380. The number of carbonyl (C=O) groups excluding carboxylic acids is 2. The highest BCUT2D eigenvalue weighted by Gasteiger charge is 2.27. The van der Waals surface area contributed by atoms with Crippen molar-refractivity contribution in [3.8, 4) is 22.8 Å². The van der Waals surface area contributed by atoms with Crippen molar-refractivity contribution in [2.45, 2.75) is 5.92 Å². The van der Waals surface area contributed by atoms with Gasteiger partial charge in [-0.3, -0.25) is 9.59 Å². The summed E-state index contributed by atoms with van der Waals surface area (Å²) >= 11 is 0. The van der Waals surface area contributed by atoms with Gasteiger partial charge >= 0.3 is 0 Å². The number of rotatable bonds is 9. The molecule has 0 aliphatic carbocycles. The molecule has 0 bridgehead atoms. The van der Waals surface area contributed by atoms with Crippen LogP contribution in [0.25, 0.3) is 11.3 Å². The fourth-order valence-corrected chi connectivity index (χ4v) is 3.50. The first kappa shape index (κ1) is 23.2. The largest absolute Gasteiger partial charge is 0.457 e. The predicted molar refractivity (Wildman–Crippen MR) is 135 cm³/mol. The van der Waals surface area contributed by atoms with Gasteiger partial charge in [-0.1, -0.05) is 36.9 Å². The van der Waals surface area contributed by atoms with E-state index in [0.717, 1.165) is 5.56 Å². The number of H-pyrrole nitrogens is 1. The number of nitrogens with zero attached hydrogens (tertiary/aromatic N) is 1. The van der Waals surface area contributed by atoms with Crippen LogP contribution in [0.5, 0.6) is 11.5 Å². The van der Waals surface area contributed by atoms with E-state index in [1.807, 2.05) is 36.4 Å². The second-order valence-corrected chi connectivity index (χ2v) is 7.64. The number of benzene rings is 3. The molecular formula is C27H23N5O3. The van der Waals surface area contributed by atoms with Crippen molar-refractivity contribution in [2.75, 3.05) is 5.32 Å². The zero-order valence-corrected chi connectivity index (χ0v) is 18.7. The molecule has 1 unspecified atom stereocenters. The molecule has 0 saturated carbocycles. The Labute approximate surface area is 202 Å². The number of amides is 2. The Balaban J connectivity index is 1.54. The number of primary amides is 1. The number of aromatic nitrogens is 2. The molecule has 4 aromatic rings. The lowest BCUT2D eigenvalue weighted by atomic mass is 9.95. The molecule has 1 aromatic heterocycles. The molecule has 0 saturated heterocycles. The van der Waals surface area contributed by atoms with E-state index < -0.39 is 11.8 Å². The minimum Gasteiger partial charge on any atom is -0.457 e. The quantitative estimate of drug-likeness (QED) is 0.212. The molecule has 5 N–H and O–H groups in total. The van der Waals surface area contributed by atoms with E-state index in [1.165, 1.54) is 6.08 Å². The third-order valence-corrected chi connectivity index (χ3v) is 5.21. The van der Waals surface area contributed by atoms with Crippen molar-refractivity contribution in [2.24, 2.45) is 5.73 Å². The number of hydrogen-bond donors (Lipinski definition) is 4. The normalized spacial score (nSPS) is 11.3. The first-order valence-corrected chi connectivity index (χ1v) is 10.7. The highest BCUT2D eigenvalue weighted by Crippen LogP contribution is 2.26. The Kier molecular flexibility index (Phi) is 6.83. The second-order valence-electron chi connectivity index (χ2n) is 7.64. The summed E-state index contributed by atoms with van der Waals surface area (Å²) < 4.78 is 5.79.